The number of hydrogen-bond acceptors (Lipinski definition) is 7. The van der Waals surface area contributed by atoms with E-state index in [4.69, 9.17) is 10.5 Å². The first kappa shape index (κ1) is 23.3. The molecule has 2 atom stereocenters. The van der Waals surface area contributed by atoms with Gasteiger partial charge in [-0.3, -0.25) is 0 Å². The SMILES string of the molecule is CSc1ccc([C@@H]2[C@@H]3CN(C(=O)OC(C)(C)C)CC=C3C(C#N)=C(N)C2(C#N)C#N)cc1. The van der Waals surface area contributed by atoms with E-state index < -0.39 is 28.9 Å². The molecule has 2 N–H and O–H groups in total. The molecule has 0 bridgehead atoms. The van der Waals surface area contributed by atoms with Crippen LogP contribution in [0.5, 0.6) is 0 Å². The van der Waals surface area contributed by atoms with Crippen molar-refractivity contribution in [2.45, 2.75) is 37.2 Å². The monoisotopic (exact) mass is 447 g/mol. The Hall–Kier alpha value is -3.41. The van der Waals surface area contributed by atoms with Gasteiger partial charge in [-0.05, 0) is 50.3 Å². The number of carbonyl (C=O) groups is 1. The van der Waals surface area contributed by atoms with Gasteiger partial charge in [-0.25, -0.2) is 4.79 Å². The molecule has 1 aliphatic heterocycles. The Morgan fingerprint density at radius 2 is 1.84 bits per heavy atom. The minimum absolute atomic E-state index is 0.0304. The highest BCUT2D eigenvalue weighted by Gasteiger charge is 2.54. The van der Waals surface area contributed by atoms with Crippen molar-refractivity contribution in [2.75, 3.05) is 19.3 Å². The molecule has 0 radical (unpaired) electrons. The summed E-state index contributed by atoms with van der Waals surface area (Å²) < 4.78 is 5.53. The van der Waals surface area contributed by atoms with Crippen LogP contribution in [0.4, 0.5) is 4.79 Å². The molecule has 32 heavy (non-hydrogen) atoms. The highest BCUT2D eigenvalue weighted by atomic mass is 32.2. The van der Waals surface area contributed by atoms with Crippen LogP contribution in [-0.2, 0) is 4.74 Å². The summed E-state index contributed by atoms with van der Waals surface area (Å²) in [6.45, 7) is 5.84. The van der Waals surface area contributed by atoms with Crippen LogP contribution in [0.25, 0.3) is 0 Å². The topological polar surface area (TPSA) is 127 Å². The number of benzene rings is 1. The van der Waals surface area contributed by atoms with Crippen molar-refractivity contribution < 1.29 is 9.53 Å². The summed E-state index contributed by atoms with van der Waals surface area (Å²) in [5.74, 6) is -1.11. The molecule has 0 saturated heterocycles. The van der Waals surface area contributed by atoms with E-state index in [0.717, 1.165) is 10.5 Å². The third-order valence-corrected chi connectivity index (χ3v) is 6.53. The number of nitrogens with two attached hydrogens (primary N) is 1. The third kappa shape index (κ3) is 3.93. The Balaban J connectivity index is 2.17. The van der Waals surface area contributed by atoms with Gasteiger partial charge in [-0.1, -0.05) is 18.2 Å². The Morgan fingerprint density at radius 3 is 2.34 bits per heavy atom. The van der Waals surface area contributed by atoms with E-state index in [-0.39, 0.29) is 24.4 Å². The molecule has 1 heterocycles. The van der Waals surface area contributed by atoms with Gasteiger partial charge in [0.05, 0.1) is 23.4 Å². The lowest BCUT2D eigenvalue weighted by molar-refractivity contribution is 0.0224. The van der Waals surface area contributed by atoms with Crippen molar-refractivity contribution >= 4 is 17.9 Å². The number of ether oxygens (including phenoxy) is 1. The van der Waals surface area contributed by atoms with Crippen LogP contribution >= 0.6 is 11.8 Å². The Morgan fingerprint density at radius 1 is 1.22 bits per heavy atom. The van der Waals surface area contributed by atoms with Gasteiger partial charge in [0.1, 0.15) is 11.7 Å². The quantitative estimate of drug-likeness (QED) is 0.677. The Labute approximate surface area is 192 Å². The van der Waals surface area contributed by atoms with Crippen LogP contribution in [0, 0.1) is 45.3 Å². The van der Waals surface area contributed by atoms with Crippen molar-refractivity contribution in [3.05, 3.63) is 52.7 Å². The van der Waals surface area contributed by atoms with Gasteiger partial charge >= 0.3 is 6.09 Å². The number of fused-ring (bicyclic) bond motifs is 1. The summed E-state index contributed by atoms with van der Waals surface area (Å²) in [6, 6.07) is 13.9. The molecular weight excluding hydrogens is 422 g/mol. The van der Waals surface area contributed by atoms with E-state index >= 15 is 0 Å². The Kier molecular flexibility index (Phi) is 6.26. The summed E-state index contributed by atoms with van der Waals surface area (Å²) in [5, 5.41) is 30.1. The number of carbonyl (C=O) groups excluding carboxylic acids is 1. The number of rotatable bonds is 2. The molecule has 1 aromatic rings. The fourth-order valence-corrected chi connectivity index (χ4v) is 4.75. The molecule has 1 aliphatic carbocycles. The summed E-state index contributed by atoms with van der Waals surface area (Å²) in [5.41, 5.74) is 5.48. The molecule has 1 aromatic carbocycles. The number of nitrogens with zero attached hydrogens (tertiary/aromatic N) is 4. The molecule has 0 spiro atoms. The summed E-state index contributed by atoms with van der Waals surface area (Å²) in [4.78, 5) is 15.4. The van der Waals surface area contributed by atoms with Crippen LogP contribution in [-0.4, -0.2) is 35.9 Å². The van der Waals surface area contributed by atoms with Crippen LogP contribution in [0.1, 0.15) is 32.3 Å². The van der Waals surface area contributed by atoms with E-state index in [0.29, 0.717) is 5.57 Å². The molecule has 0 unspecified atom stereocenters. The van der Waals surface area contributed by atoms with Gasteiger partial charge in [0.25, 0.3) is 0 Å². The number of thioether (sulfide) groups is 1. The second kappa shape index (κ2) is 8.61. The maximum atomic E-state index is 12.8. The Bertz CT molecular complexity index is 1100. The first-order valence-electron chi connectivity index (χ1n) is 10.2. The molecule has 0 aromatic heterocycles. The predicted octanol–water partition coefficient (Wildman–Crippen LogP) is 4.07. The average Bonchev–Trinajstić information content (AvgIpc) is 2.77. The zero-order valence-corrected chi connectivity index (χ0v) is 19.4. The fourth-order valence-electron chi connectivity index (χ4n) is 4.34. The fraction of sp³-hybridized carbons (Fsp3) is 0.417. The van der Waals surface area contributed by atoms with Gasteiger partial charge < -0.3 is 15.4 Å². The lowest BCUT2D eigenvalue weighted by atomic mass is 9.58. The first-order chi connectivity index (χ1) is 15.1. The maximum absolute atomic E-state index is 12.8. The minimum Gasteiger partial charge on any atom is -0.444 e. The zero-order chi connectivity index (χ0) is 23.7. The predicted molar refractivity (Wildman–Crippen MR) is 121 cm³/mol. The largest absolute Gasteiger partial charge is 0.444 e. The van der Waals surface area contributed by atoms with Crippen LogP contribution in [0.15, 0.2) is 52.1 Å². The summed E-state index contributed by atoms with van der Waals surface area (Å²) in [7, 11) is 0. The number of allylic oxidation sites excluding steroid dienone is 2. The normalized spacial score (nSPS) is 22.0. The lowest BCUT2D eigenvalue weighted by Crippen LogP contribution is -2.50. The van der Waals surface area contributed by atoms with E-state index in [1.54, 1.807) is 43.5 Å². The van der Waals surface area contributed by atoms with Gasteiger partial charge in [0.15, 0.2) is 5.41 Å². The van der Waals surface area contributed by atoms with E-state index in [9.17, 15) is 20.6 Å². The standard InChI is InChI=1S/C24H25N5O2S/c1-23(2,3)31-22(30)29-10-9-17-18(11-25)21(28)24(13-26,14-27)20(19(17)12-29)15-5-7-16(32-4)8-6-15/h5-9,19-20H,10,12,28H2,1-4H3/t19-,20-/m1/s1. The average molecular weight is 448 g/mol. The van der Waals surface area contributed by atoms with Crippen molar-refractivity contribution in [3.8, 4) is 18.2 Å². The smallest absolute Gasteiger partial charge is 0.410 e. The zero-order valence-electron chi connectivity index (χ0n) is 18.5. The first-order valence-corrected chi connectivity index (χ1v) is 11.4. The van der Waals surface area contributed by atoms with Gasteiger partial charge in [-0.2, -0.15) is 15.8 Å². The van der Waals surface area contributed by atoms with Crippen molar-refractivity contribution in [3.63, 3.8) is 0 Å². The number of nitriles is 3. The maximum Gasteiger partial charge on any atom is 0.410 e. The summed E-state index contributed by atoms with van der Waals surface area (Å²) in [6.07, 6.45) is 3.26. The van der Waals surface area contributed by atoms with E-state index in [1.165, 1.54) is 0 Å². The molecule has 0 saturated carbocycles. The molecule has 8 heteroatoms. The molecule has 1 amide bonds. The molecule has 164 valence electrons. The number of hydrogen-bond donors (Lipinski definition) is 1. The third-order valence-electron chi connectivity index (χ3n) is 5.79. The molecule has 2 aliphatic rings. The van der Waals surface area contributed by atoms with Crippen LogP contribution in [0.3, 0.4) is 0 Å². The highest BCUT2D eigenvalue weighted by molar-refractivity contribution is 7.98. The van der Waals surface area contributed by atoms with Crippen LogP contribution < -0.4 is 5.73 Å². The van der Waals surface area contributed by atoms with Crippen molar-refractivity contribution in [1.29, 1.82) is 15.8 Å². The molecule has 7 nitrogen and oxygen atoms in total. The lowest BCUT2D eigenvalue weighted by Gasteiger charge is -2.45. The molecular formula is C24H25N5O2S. The van der Waals surface area contributed by atoms with Gasteiger partial charge in [0.2, 0.25) is 0 Å². The molecule has 0 fully saturated rings. The van der Waals surface area contributed by atoms with E-state index in [2.05, 4.69) is 18.2 Å². The van der Waals surface area contributed by atoms with Crippen molar-refractivity contribution in [1.82, 2.24) is 4.90 Å². The highest BCUT2D eigenvalue weighted by Crippen LogP contribution is 2.54. The van der Waals surface area contributed by atoms with Gasteiger partial charge in [0, 0.05) is 29.8 Å². The molecule has 3 rings (SSSR count). The second-order valence-electron chi connectivity index (χ2n) is 8.83. The van der Waals surface area contributed by atoms with Crippen molar-refractivity contribution in [2.24, 2.45) is 17.1 Å². The van der Waals surface area contributed by atoms with Crippen LogP contribution in [0.2, 0.25) is 0 Å². The second-order valence-corrected chi connectivity index (χ2v) is 9.71. The summed E-state index contributed by atoms with van der Waals surface area (Å²) >= 11 is 1.58. The van der Waals surface area contributed by atoms with E-state index in [1.807, 2.05) is 30.5 Å². The van der Waals surface area contributed by atoms with Gasteiger partial charge in [-0.15, -0.1) is 11.8 Å². The minimum atomic E-state index is -1.73. The number of amides is 1.